The highest BCUT2D eigenvalue weighted by atomic mass is 19.1. The molecule has 0 amide bonds. The fraction of sp³-hybridized carbons (Fsp3) is 0.211. The normalized spacial score (nSPS) is 17.0. The van der Waals surface area contributed by atoms with Crippen molar-refractivity contribution >= 4 is 0 Å². The summed E-state index contributed by atoms with van der Waals surface area (Å²) in [6.07, 6.45) is 2.81. The average molecular weight is 307 g/mol. The molecule has 2 aromatic carbocycles. The maximum atomic E-state index is 13.9. The summed E-state index contributed by atoms with van der Waals surface area (Å²) in [7, 11) is 0. The highest BCUT2D eigenvalue weighted by Gasteiger charge is 2.21. The lowest BCUT2D eigenvalue weighted by atomic mass is 9.90. The van der Waals surface area contributed by atoms with Crippen LogP contribution in [0, 0.1) is 5.82 Å². The molecule has 0 radical (unpaired) electrons. The predicted molar refractivity (Wildman–Crippen MR) is 89.4 cm³/mol. The Morgan fingerprint density at radius 1 is 1.04 bits per heavy atom. The van der Waals surface area contributed by atoms with E-state index < -0.39 is 0 Å². The number of rotatable bonds is 2. The van der Waals surface area contributed by atoms with Crippen LogP contribution in [0.1, 0.15) is 17.7 Å². The Kier molecular flexibility index (Phi) is 3.46. The molecule has 23 heavy (non-hydrogen) atoms. The second-order valence-corrected chi connectivity index (χ2v) is 6.09. The Bertz CT molecular complexity index is 836. The zero-order chi connectivity index (χ0) is 15.8. The molecule has 0 fully saturated rings. The first kappa shape index (κ1) is 14.2. The Balaban J connectivity index is 1.68. The number of benzene rings is 2. The maximum absolute atomic E-state index is 13.9. The standard InChI is InChI=1S/C19H18FN3/c20-17-4-2-1-3-15(17)12-5-7-13(8-6-12)19-16-10-9-14(21)11-18(16)22-23-19/h1-8,14H,9-11,21H2,(H,22,23). The number of H-pyrrole nitrogens is 1. The van der Waals surface area contributed by atoms with E-state index in [1.54, 1.807) is 12.1 Å². The van der Waals surface area contributed by atoms with E-state index in [0.717, 1.165) is 41.8 Å². The summed E-state index contributed by atoms with van der Waals surface area (Å²) < 4.78 is 13.9. The molecule has 3 aromatic rings. The molecule has 0 saturated heterocycles. The van der Waals surface area contributed by atoms with Gasteiger partial charge in [0.15, 0.2) is 0 Å². The topological polar surface area (TPSA) is 54.7 Å². The number of aromatic nitrogens is 2. The van der Waals surface area contributed by atoms with Crippen molar-refractivity contribution in [2.24, 2.45) is 5.73 Å². The third-order valence-corrected chi connectivity index (χ3v) is 4.53. The molecule has 4 rings (SSSR count). The van der Waals surface area contributed by atoms with Gasteiger partial charge in [0, 0.05) is 34.8 Å². The molecule has 1 aliphatic carbocycles. The van der Waals surface area contributed by atoms with Gasteiger partial charge in [0.05, 0.1) is 5.69 Å². The van der Waals surface area contributed by atoms with Crippen LogP contribution in [-0.2, 0) is 12.8 Å². The van der Waals surface area contributed by atoms with Crippen LogP contribution >= 0.6 is 0 Å². The highest BCUT2D eigenvalue weighted by molar-refractivity contribution is 5.71. The zero-order valence-electron chi connectivity index (χ0n) is 12.7. The predicted octanol–water partition coefficient (Wildman–Crippen LogP) is 3.70. The van der Waals surface area contributed by atoms with Gasteiger partial charge in [-0.2, -0.15) is 5.10 Å². The first-order valence-electron chi connectivity index (χ1n) is 7.89. The van der Waals surface area contributed by atoms with Gasteiger partial charge in [0.1, 0.15) is 5.82 Å². The van der Waals surface area contributed by atoms with Crippen molar-refractivity contribution in [3.05, 3.63) is 65.6 Å². The molecular formula is C19H18FN3. The first-order valence-corrected chi connectivity index (χ1v) is 7.89. The lowest BCUT2D eigenvalue weighted by molar-refractivity contribution is 0.570. The minimum absolute atomic E-state index is 0.202. The molecule has 4 heteroatoms. The van der Waals surface area contributed by atoms with Crippen molar-refractivity contribution in [3.63, 3.8) is 0 Å². The van der Waals surface area contributed by atoms with Crippen LogP contribution in [0.4, 0.5) is 4.39 Å². The Morgan fingerprint density at radius 2 is 1.78 bits per heavy atom. The lowest BCUT2D eigenvalue weighted by Gasteiger charge is -2.18. The Hall–Kier alpha value is -2.46. The largest absolute Gasteiger partial charge is 0.327 e. The highest BCUT2D eigenvalue weighted by Crippen LogP contribution is 2.31. The third kappa shape index (κ3) is 2.55. The zero-order valence-corrected chi connectivity index (χ0v) is 12.7. The number of hydrogen-bond acceptors (Lipinski definition) is 2. The van der Waals surface area contributed by atoms with Gasteiger partial charge in [-0.15, -0.1) is 0 Å². The lowest BCUT2D eigenvalue weighted by Crippen LogP contribution is -2.27. The van der Waals surface area contributed by atoms with Gasteiger partial charge in [-0.25, -0.2) is 4.39 Å². The average Bonchev–Trinajstić information content (AvgIpc) is 2.98. The van der Waals surface area contributed by atoms with Crippen LogP contribution in [0.5, 0.6) is 0 Å². The quantitative estimate of drug-likeness (QED) is 0.758. The summed E-state index contributed by atoms with van der Waals surface area (Å²) in [6, 6.07) is 15.0. The minimum Gasteiger partial charge on any atom is -0.327 e. The Morgan fingerprint density at radius 3 is 2.57 bits per heavy atom. The second kappa shape index (κ2) is 5.63. The molecule has 1 aliphatic rings. The van der Waals surface area contributed by atoms with Crippen molar-refractivity contribution in [2.45, 2.75) is 25.3 Å². The molecule has 0 spiro atoms. The second-order valence-electron chi connectivity index (χ2n) is 6.09. The molecule has 1 heterocycles. The number of aromatic amines is 1. The fourth-order valence-corrected chi connectivity index (χ4v) is 3.28. The number of fused-ring (bicyclic) bond motifs is 1. The van der Waals surface area contributed by atoms with Crippen molar-refractivity contribution in [1.29, 1.82) is 0 Å². The Labute approximate surface area is 134 Å². The molecular weight excluding hydrogens is 289 g/mol. The van der Waals surface area contributed by atoms with Crippen LogP contribution in [-0.4, -0.2) is 16.2 Å². The van der Waals surface area contributed by atoms with E-state index in [4.69, 9.17) is 5.73 Å². The molecule has 0 bridgehead atoms. The summed E-state index contributed by atoms with van der Waals surface area (Å²) in [4.78, 5) is 0. The summed E-state index contributed by atoms with van der Waals surface area (Å²) in [5.74, 6) is -0.202. The van der Waals surface area contributed by atoms with E-state index >= 15 is 0 Å². The van der Waals surface area contributed by atoms with Crippen LogP contribution in [0.2, 0.25) is 0 Å². The molecule has 1 unspecified atom stereocenters. The number of nitrogens with two attached hydrogens (primary N) is 1. The molecule has 0 saturated carbocycles. The molecule has 1 aromatic heterocycles. The van der Waals surface area contributed by atoms with E-state index in [2.05, 4.69) is 10.2 Å². The van der Waals surface area contributed by atoms with Crippen LogP contribution < -0.4 is 5.73 Å². The van der Waals surface area contributed by atoms with Crippen LogP contribution in [0.25, 0.3) is 22.4 Å². The van der Waals surface area contributed by atoms with Crippen LogP contribution in [0.3, 0.4) is 0 Å². The third-order valence-electron chi connectivity index (χ3n) is 4.53. The van der Waals surface area contributed by atoms with Gasteiger partial charge in [0.2, 0.25) is 0 Å². The van der Waals surface area contributed by atoms with Gasteiger partial charge < -0.3 is 5.73 Å². The number of nitrogens with zero attached hydrogens (tertiary/aromatic N) is 1. The monoisotopic (exact) mass is 307 g/mol. The van der Waals surface area contributed by atoms with Crippen molar-refractivity contribution in [3.8, 4) is 22.4 Å². The fourth-order valence-electron chi connectivity index (χ4n) is 3.28. The number of halogens is 1. The van der Waals surface area contributed by atoms with E-state index in [1.165, 1.54) is 11.6 Å². The van der Waals surface area contributed by atoms with Gasteiger partial charge in [0.25, 0.3) is 0 Å². The molecule has 1 atom stereocenters. The van der Waals surface area contributed by atoms with E-state index in [0.29, 0.717) is 5.56 Å². The van der Waals surface area contributed by atoms with Gasteiger partial charge in [-0.05, 0) is 24.5 Å². The first-order chi connectivity index (χ1) is 11.2. The molecule has 3 N–H and O–H groups in total. The summed E-state index contributed by atoms with van der Waals surface area (Å²) in [6.45, 7) is 0. The minimum atomic E-state index is -0.202. The van der Waals surface area contributed by atoms with Gasteiger partial charge in [-0.3, -0.25) is 5.10 Å². The summed E-state index contributed by atoms with van der Waals surface area (Å²) in [5.41, 5.74) is 12.0. The molecule has 116 valence electrons. The summed E-state index contributed by atoms with van der Waals surface area (Å²) >= 11 is 0. The summed E-state index contributed by atoms with van der Waals surface area (Å²) in [5, 5.41) is 7.59. The van der Waals surface area contributed by atoms with E-state index in [9.17, 15) is 4.39 Å². The van der Waals surface area contributed by atoms with Gasteiger partial charge in [-0.1, -0.05) is 42.5 Å². The van der Waals surface area contributed by atoms with Gasteiger partial charge >= 0.3 is 0 Å². The molecule has 0 aliphatic heterocycles. The SMILES string of the molecule is NC1CCc2c(-c3ccc(-c4ccccc4F)cc3)n[nH]c2C1. The molecule has 3 nitrogen and oxygen atoms in total. The maximum Gasteiger partial charge on any atom is 0.131 e. The number of nitrogens with one attached hydrogen (secondary N) is 1. The van der Waals surface area contributed by atoms with Crippen molar-refractivity contribution < 1.29 is 4.39 Å². The van der Waals surface area contributed by atoms with E-state index in [1.807, 2.05) is 30.3 Å². The smallest absolute Gasteiger partial charge is 0.131 e. The van der Waals surface area contributed by atoms with Crippen LogP contribution in [0.15, 0.2) is 48.5 Å². The van der Waals surface area contributed by atoms with E-state index in [-0.39, 0.29) is 11.9 Å². The van der Waals surface area contributed by atoms with Crippen molar-refractivity contribution in [1.82, 2.24) is 10.2 Å². The number of hydrogen-bond donors (Lipinski definition) is 2. The van der Waals surface area contributed by atoms with Crippen molar-refractivity contribution in [2.75, 3.05) is 0 Å².